The molecule has 0 fully saturated rings. The summed E-state index contributed by atoms with van der Waals surface area (Å²) in [6.45, 7) is 0. The molecule has 0 saturated heterocycles. The molecule has 0 aliphatic carbocycles. The Morgan fingerprint density at radius 2 is 1.07 bits per heavy atom. The maximum atomic E-state index is 9.34. The highest BCUT2D eigenvalue weighted by atomic mass is 32.1. The molecule has 0 spiro atoms. The van der Waals surface area contributed by atoms with Crippen LogP contribution in [0.4, 0.5) is 0 Å². The SMILES string of the molecule is [2H]c1c([2H])c([2H])c2c(sc3c([2H])c([2H])c([2H])c(-c4nc(-c5cccc(-c6ccc(-c7ccc8ccccc8c7)cc6)c5)nc(-n5c6ccccc6c6ccccc65)n4)c32)c1[2H]. The Morgan fingerprint density at radius 3 is 1.87 bits per heavy atom. The van der Waals surface area contributed by atoms with Gasteiger partial charge in [-0.3, -0.25) is 4.57 Å². The molecule has 4 nitrogen and oxygen atoms in total. The number of para-hydroxylation sites is 2. The lowest BCUT2D eigenvalue weighted by atomic mass is 9.97. The predicted molar refractivity (Wildman–Crippen MR) is 226 cm³/mol. The van der Waals surface area contributed by atoms with Crippen molar-refractivity contribution in [2.24, 2.45) is 0 Å². The number of benzene rings is 8. The van der Waals surface area contributed by atoms with E-state index in [0.717, 1.165) is 55.4 Å². The standard InChI is InChI=1S/C49H30N4S/c1-2-12-34-29-36(28-27-31(34)11-1)33-25-23-32(24-26-33)35-13-9-14-37(30-35)47-50-48(41-18-10-22-45-46(41)40-17-5-8-21-44(40)54-45)52-49(51-47)53-42-19-6-3-15-38(42)39-16-4-7-20-43(39)53/h1-30H/i5D,8D,10D,17D,18D,21D,22D. The third-order valence-electron chi connectivity index (χ3n) is 10.00. The van der Waals surface area contributed by atoms with Crippen molar-refractivity contribution in [3.8, 4) is 51.0 Å². The molecule has 3 heterocycles. The molecule has 0 saturated carbocycles. The third-order valence-corrected chi connectivity index (χ3v) is 11.0. The smallest absolute Gasteiger partial charge is 0.238 e. The van der Waals surface area contributed by atoms with Gasteiger partial charge in [-0.25, -0.2) is 4.98 Å². The normalized spacial score (nSPS) is 13.5. The van der Waals surface area contributed by atoms with Crippen LogP contribution < -0.4 is 0 Å². The number of thiophene rings is 1. The summed E-state index contributed by atoms with van der Waals surface area (Å²) in [5, 5.41) is 4.76. The summed E-state index contributed by atoms with van der Waals surface area (Å²) in [6.07, 6.45) is 0. The van der Waals surface area contributed by atoms with E-state index in [0.29, 0.717) is 11.4 Å². The summed E-state index contributed by atoms with van der Waals surface area (Å²) in [5.41, 5.74) is 6.60. The van der Waals surface area contributed by atoms with Gasteiger partial charge in [-0.05, 0) is 69.4 Å². The second kappa shape index (κ2) is 12.3. The lowest BCUT2D eigenvalue weighted by Gasteiger charge is -2.12. The maximum Gasteiger partial charge on any atom is 0.238 e. The van der Waals surface area contributed by atoms with Crippen LogP contribution in [-0.2, 0) is 0 Å². The Kier molecular flexibility index (Phi) is 5.55. The molecule has 5 heteroatoms. The fourth-order valence-corrected chi connectivity index (χ4v) is 8.40. The topological polar surface area (TPSA) is 43.6 Å². The summed E-state index contributed by atoms with van der Waals surface area (Å²) in [5.74, 6) is 0.604. The van der Waals surface area contributed by atoms with Gasteiger partial charge < -0.3 is 0 Å². The highest BCUT2D eigenvalue weighted by Crippen LogP contribution is 2.40. The average Bonchev–Trinajstić information content (AvgIpc) is 3.86. The van der Waals surface area contributed by atoms with Crippen molar-refractivity contribution in [1.82, 2.24) is 19.5 Å². The molecule has 0 aliphatic rings. The van der Waals surface area contributed by atoms with Crippen LogP contribution in [-0.4, -0.2) is 19.5 Å². The van der Waals surface area contributed by atoms with E-state index < -0.39 is 12.1 Å². The van der Waals surface area contributed by atoms with E-state index in [1.54, 1.807) is 0 Å². The van der Waals surface area contributed by atoms with Gasteiger partial charge in [0.2, 0.25) is 5.95 Å². The minimum atomic E-state index is -0.430. The van der Waals surface area contributed by atoms with Crippen LogP contribution in [0.5, 0.6) is 0 Å². The van der Waals surface area contributed by atoms with E-state index >= 15 is 0 Å². The number of rotatable bonds is 5. The molecule has 0 N–H and O–H groups in total. The molecule has 8 aromatic carbocycles. The van der Waals surface area contributed by atoms with Crippen LogP contribution in [0.1, 0.15) is 9.60 Å². The molecule has 0 radical (unpaired) electrons. The van der Waals surface area contributed by atoms with Crippen molar-refractivity contribution in [2.75, 3.05) is 0 Å². The summed E-state index contributed by atoms with van der Waals surface area (Å²) in [4.78, 5) is 15.2. The monoisotopic (exact) mass is 713 g/mol. The Balaban J connectivity index is 1.14. The van der Waals surface area contributed by atoms with Gasteiger partial charge in [-0.1, -0.05) is 145 Å². The first-order chi connectivity index (χ1) is 29.7. The van der Waals surface area contributed by atoms with E-state index in [9.17, 15) is 1.37 Å². The first kappa shape index (κ1) is 24.3. The molecule has 54 heavy (non-hydrogen) atoms. The molecule has 0 aliphatic heterocycles. The van der Waals surface area contributed by atoms with Gasteiger partial charge in [0.15, 0.2) is 11.6 Å². The third kappa shape index (κ3) is 5.01. The van der Waals surface area contributed by atoms with Crippen molar-refractivity contribution in [3.63, 3.8) is 0 Å². The van der Waals surface area contributed by atoms with Gasteiger partial charge in [0.05, 0.1) is 20.6 Å². The fourth-order valence-electron chi connectivity index (χ4n) is 7.43. The van der Waals surface area contributed by atoms with Crippen LogP contribution in [0.15, 0.2) is 182 Å². The van der Waals surface area contributed by atoms with Crippen molar-refractivity contribution in [3.05, 3.63) is 182 Å². The van der Waals surface area contributed by atoms with Crippen LogP contribution >= 0.6 is 11.3 Å². The van der Waals surface area contributed by atoms with Crippen LogP contribution in [0.2, 0.25) is 0 Å². The quantitative estimate of drug-likeness (QED) is 0.178. The zero-order chi connectivity index (χ0) is 41.7. The largest absolute Gasteiger partial charge is 0.278 e. The maximum absolute atomic E-state index is 9.34. The predicted octanol–water partition coefficient (Wildman–Crippen LogP) is 13.2. The summed E-state index contributed by atoms with van der Waals surface area (Å²) in [6, 6.07) is 44.7. The number of nitrogens with zero attached hydrogens (tertiary/aromatic N) is 4. The van der Waals surface area contributed by atoms with Gasteiger partial charge in [0.25, 0.3) is 0 Å². The molecule has 0 bridgehead atoms. The highest BCUT2D eigenvalue weighted by molar-refractivity contribution is 7.25. The lowest BCUT2D eigenvalue weighted by Crippen LogP contribution is -2.06. The number of fused-ring (bicyclic) bond motifs is 7. The van der Waals surface area contributed by atoms with E-state index in [-0.39, 0.29) is 67.7 Å². The minimum Gasteiger partial charge on any atom is -0.278 e. The van der Waals surface area contributed by atoms with E-state index in [4.69, 9.17) is 23.2 Å². The van der Waals surface area contributed by atoms with Crippen molar-refractivity contribution < 1.29 is 9.60 Å². The van der Waals surface area contributed by atoms with Crippen LogP contribution in [0, 0.1) is 0 Å². The first-order valence-electron chi connectivity index (χ1n) is 21.0. The van der Waals surface area contributed by atoms with Gasteiger partial charge in [-0.15, -0.1) is 11.3 Å². The molecule has 11 rings (SSSR count). The minimum absolute atomic E-state index is 0.0441. The molecule has 11 aromatic rings. The Morgan fingerprint density at radius 1 is 0.444 bits per heavy atom. The zero-order valence-electron chi connectivity index (χ0n) is 35.5. The Bertz CT molecular complexity index is 3580. The average molecular weight is 714 g/mol. The van der Waals surface area contributed by atoms with Crippen molar-refractivity contribution in [1.29, 1.82) is 0 Å². The van der Waals surface area contributed by atoms with Gasteiger partial charge in [-0.2, -0.15) is 9.97 Å². The molecule has 0 atom stereocenters. The zero-order valence-corrected chi connectivity index (χ0v) is 29.3. The Labute approximate surface area is 325 Å². The molecule has 3 aromatic heterocycles. The van der Waals surface area contributed by atoms with Gasteiger partial charge >= 0.3 is 0 Å². The summed E-state index contributed by atoms with van der Waals surface area (Å²) in [7, 11) is 0. The van der Waals surface area contributed by atoms with Gasteiger partial charge in [0.1, 0.15) is 0 Å². The van der Waals surface area contributed by atoms with Crippen molar-refractivity contribution in [2.45, 2.75) is 0 Å². The molecule has 0 unspecified atom stereocenters. The molecular formula is C49H30N4S. The Hall–Kier alpha value is -6.95. The van der Waals surface area contributed by atoms with Crippen LogP contribution in [0.25, 0.3) is 104 Å². The van der Waals surface area contributed by atoms with Crippen LogP contribution in [0.3, 0.4) is 0 Å². The van der Waals surface area contributed by atoms with E-state index in [2.05, 4.69) is 54.6 Å². The highest BCUT2D eigenvalue weighted by Gasteiger charge is 2.20. The fraction of sp³-hybridized carbons (Fsp3) is 0. The second-order valence-electron chi connectivity index (χ2n) is 13.1. The molecule has 0 amide bonds. The summed E-state index contributed by atoms with van der Waals surface area (Å²) >= 11 is 1.01. The molecular weight excluding hydrogens is 677 g/mol. The number of aromatic nitrogens is 4. The van der Waals surface area contributed by atoms with Crippen molar-refractivity contribution >= 4 is 64.1 Å². The second-order valence-corrected chi connectivity index (χ2v) is 14.2. The lowest BCUT2D eigenvalue weighted by molar-refractivity contribution is 0.954. The number of hydrogen-bond acceptors (Lipinski definition) is 4. The molecule has 252 valence electrons. The van der Waals surface area contributed by atoms with E-state index in [1.807, 2.05) is 89.5 Å². The van der Waals surface area contributed by atoms with Gasteiger partial charge in [0, 0.05) is 42.1 Å². The summed E-state index contributed by atoms with van der Waals surface area (Å²) < 4.78 is 64.2. The first-order valence-corrected chi connectivity index (χ1v) is 18.4. The van der Waals surface area contributed by atoms with E-state index in [1.165, 1.54) is 10.8 Å². The number of hydrogen-bond donors (Lipinski definition) is 0.